The Balaban J connectivity index is 1.50. The fourth-order valence-corrected chi connectivity index (χ4v) is 9.70. The average molecular weight is 880 g/mol. The van der Waals surface area contributed by atoms with Crippen molar-refractivity contribution in [2.45, 2.75) is 97.9 Å². The van der Waals surface area contributed by atoms with Crippen LogP contribution in [-0.4, -0.2) is 90.0 Å². The van der Waals surface area contributed by atoms with E-state index in [1.807, 2.05) is 99.6 Å². The molecule has 13 nitrogen and oxygen atoms in total. The van der Waals surface area contributed by atoms with Gasteiger partial charge in [0.25, 0.3) is 14.1 Å². The molecule has 5 rings (SSSR count). The molecule has 332 valence electrons. The molecule has 0 bridgehead atoms. The van der Waals surface area contributed by atoms with Crippen LogP contribution in [0.1, 0.15) is 83.4 Å². The number of methoxy groups -OCH3 is 2. The van der Waals surface area contributed by atoms with Crippen LogP contribution in [0.4, 0.5) is 0 Å². The number of carbonyl (C=O) groups is 1. The van der Waals surface area contributed by atoms with Gasteiger partial charge in [-0.3, -0.25) is 19.1 Å². The smallest absolute Gasteiger partial charge is 0.330 e. The van der Waals surface area contributed by atoms with E-state index in [4.69, 9.17) is 32.7 Å². The third kappa shape index (κ3) is 12.2. The summed E-state index contributed by atoms with van der Waals surface area (Å²) in [5.41, 5.74) is 0.350. The summed E-state index contributed by atoms with van der Waals surface area (Å²) in [6.07, 6.45) is -0.309. The number of H-pyrrole nitrogens is 1. The highest BCUT2D eigenvalue weighted by Crippen LogP contribution is 2.50. The summed E-state index contributed by atoms with van der Waals surface area (Å²) in [6, 6.07) is 25.7. The molecule has 0 radical (unpaired) electrons. The molecular weight excluding hydrogens is 818 g/mol. The maximum atomic E-state index is 13.3. The molecule has 1 unspecified atom stereocenters. The third-order valence-corrected chi connectivity index (χ3v) is 13.6. The molecule has 1 N–H and O–H groups in total. The van der Waals surface area contributed by atoms with E-state index >= 15 is 0 Å². The number of aromatic amines is 1. The van der Waals surface area contributed by atoms with Crippen molar-refractivity contribution in [3.05, 3.63) is 128 Å². The largest absolute Gasteiger partial charge is 0.497 e. The van der Waals surface area contributed by atoms with Gasteiger partial charge < -0.3 is 32.7 Å². The van der Waals surface area contributed by atoms with Crippen LogP contribution in [-0.2, 0) is 33.7 Å². The molecule has 0 amide bonds. The maximum absolute atomic E-state index is 13.3. The van der Waals surface area contributed by atoms with E-state index in [1.165, 1.54) is 22.5 Å². The van der Waals surface area contributed by atoms with Gasteiger partial charge in [-0.05, 0) is 75.6 Å². The van der Waals surface area contributed by atoms with Crippen molar-refractivity contribution >= 4 is 25.4 Å². The summed E-state index contributed by atoms with van der Waals surface area (Å²) in [5.74, 6) is 1.95. The normalized spacial score (nSPS) is 17.6. The van der Waals surface area contributed by atoms with E-state index in [2.05, 4.69) is 37.3 Å². The van der Waals surface area contributed by atoms with Crippen LogP contribution in [0.25, 0.3) is 0 Å². The number of rotatable bonds is 21. The van der Waals surface area contributed by atoms with E-state index < -0.39 is 49.2 Å². The Morgan fingerprint density at radius 2 is 1.44 bits per heavy atom. The highest BCUT2D eigenvalue weighted by Gasteiger charge is 2.45. The number of hydrogen-bond donors (Lipinski definition) is 1. The highest BCUT2D eigenvalue weighted by molar-refractivity contribution is 8.13. The summed E-state index contributed by atoms with van der Waals surface area (Å²) in [5, 5.41) is 0.123. The second-order valence-corrected chi connectivity index (χ2v) is 18.9. The van der Waals surface area contributed by atoms with E-state index in [0.29, 0.717) is 36.0 Å². The number of thioether (sulfide) groups is 1. The lowest BCUT2D eigenvalue weighted by molar-refractivity contribution is -0.117. The van der Waals surface area contributed by atoms with Gasteiger partial charge in [0, 0.05) is 41.4 Å². The van der Waals surface area contributed by atoms with Gasteiger partial charge in [-0.1, -0.05) is 87.1 Å². The van der Waals surface area contributed by atoms with Gasteiger partial charge in [0.1, 0.15) is 29.4 Å². The average Bonchev–Trinajstić information content (AvgIpc) is 3.63. The van der Waals surface area contributed by atoms with E-state index in [1.54, 1.807) is 21.1 Å². The first kappa shape index (κ1) is 48.2. The second kappa shape index (κ2) is 22.0. The highest BCUT2D eigenvalue weighted by atomic mass is 32.2. The van der Waals surface area contributed by atoms with Crippen LogP contribution in [0.2, 0.25) is 0 Å². The zero-order valence-electron chi connectivity index (χ0n) is 37.0. The van der Waals surface area contributed by atoms with Gasteiger partial charge in [-0.2, -0.15) is 0 Å². The Bertz CT molecular complexity index is 2050. The fraction of sp³-hybridized carbons (Fsp3) is 0.500. The number of aromatic nitrogens is 2. The summed E-state index contributed by atoms with van der Waals surface area (Å²) in [4.78, 5) is 40.5. The van der Waals surface area contributed by atoms with Crippen molar-refractivity contribution in [3.63, 3.8) is 0 Å². The van der Waals surface area contributed by atoms with Crippen molar-refractivity contribution < 1.29 is 37.5 Å². The van der Waals surface area contributed by atoms with Crippen molar-refractivity contribution in [2.75, 3.05) is 46.4 Å². The minimum Gasteiger partial charge on any atom is -0.497 e. The predicted molar refractivity (Wildman–Crippen MR) is 240 cm³/mol. The fourth-order valence-electron chi connectivity index (χ4n) is 7.14. The van der Waals surface area contributed by atoms with Crippen molar-refractivity contribution in [2.24, 2.45) is 5.41 Å². The van der Waals surface area contributed by atoms with Gasteiger partial charge in [0.15, 0.2) is 5.12 Å². The number of ether oxygens (including phenoxy) is 5. The third-order valence-electron chi connectivity index (χ3n) is 10.2. The number of benzene rings is 3. The van der Waals surface area contributed by atoms with Gasteiger partial charge in [-0.25, -0.2) is 9.46 Å². The minimum absolute atomic E-state index is 0.0335. The number of nitrogens with zero attached hydrogens (tertiary/aromatic N) is 2. The summed E-state index contributed by atoms with van der Waals surface area (Å²) >= 11 is 1.27. The van der Waals surface area contributed by atoms with Crippen LogP contribution in [0.15, 0.2) is 94.6 Å². The maximum Gasteiger partial charge on any atom is 0.330 e. The van der Waals surface area contributed by atoms with E-state index in [-0.39, 0.29) is 36.8 Å². The molecule has 4 aromatic rings. The molecule has 0 saturated carbocycles. The lowest BCUT2D eigenvalue weighted by Crippen LogP contribution is -2.39. The summed E-state index contributed by atoms with van der Waals surface area (Å²) < 4.78 is 48.2. The number of nitrogens with one attached hydrogen (secondary N) is 1. The molecule has 4 atom stereocenters. The second-order valence-electron chi connectivity index (χ2n) is 16.4. The van der Waals surface area contributed by atoms with Crippen molar-refractivity contribution in [1.29, 1.82) is 0 Å². The monoisotopic (exact) mass is 879 g/mol. The van der Waals surface area contributed by atoms with Crippen LogP contribution < -0.4 is 20.7 Å². The zero-order chi connectivity index (χ0) is 44.3. The minimum atomic E-state index is -1.69. The van der Waals surface area contributed by atoms with E-state index in [0.717, 1.165) is 16.7 Å². The van der Waals surface area contributed by atoms with Crippen molar-refractivity contribution in [3.8, 4) is 11.5 Å². The molecule has 1 aliphatic rings. The Morgan fingerprint density at radius 3 is 1.98 bits per heavy atom. The molecule has 1 aliphatic heterocycles. The number of carbonyl (C=O) groups excluding carboxylic acids is 1. The van der Waals surface area contributed by atoms with Gasteiger partial charge >= 0.3 is 5.69 Å². The quantitative estimate of drug-likeness (QED) is 0.0490. The first-order valence-electron chi connectivity index (χ1n) is 20.7. The van der Waals surface area contributed by atoms with Crippen LogP contribution >= 0.6 is 20.3 Å². The Kier molecular flexibility index (Phi) is 17.4. The molecule has 3 aromatic carbocycles. The van der Waals surface area contributed by atoms with Crippen LogP contribution in [0.3, 0.4) is 0 Å². The molecule has 15 heteroatoms. The predicted octanol–water partition coefficient (Wildman–Crippen LogP) is 8.23. The molecule has 0 aliphatic carbocycles. The topological polar surface area (TPSA) is 140 Å². The lowest BCUT2D eigenvalue weighted by atomic mass is 9.80. The Morgan fingerprint density at radius 1 is 0.869 bits per heavy atom. The summed E-state index contributed by atoms with van der Waals surface area (Å²) in [6.45, 7) is 16.7. The summed E-state index contributed by atoms with van der Waals surface area (Å²) in [7, 11) is 1.57. The SMILES string of the molecule is COc1ccc(C(OC[C@H]2O[C@@H](n3cc(C)c(=O)[nH]c3=O)C[C@@H]2OP(OCCOCCSC(=O)C(C)(C)C)N(C(C)C)C(C)C)(c2ccccc2)c2ccc(OC)cc2)cc1. The van der Waals surface area contributed by atoms with Crippen LogP contribution in [0, 0.1) is 12.3 Å². The molecule has 2 heterocycles. The Labute approximate surface area is 365 Å². The first-order valence-corrected chi connectivity index (χ1v) is 22.8. The first-order chi connectivity index (χ1) is 29.1. The van der Waals surface area contributed by atoms with Gasteiger partial charge in [0.2, 0.25) is 0 Å². The standard InChI is InChI=1S/C46H62N3O10PS/c1-31(2)49(32(3)4)60(57-25-24-55-26-27-61-43(51)45(6,7)8)59-39-28-41(48-29-33(5)42(50)47-44(48)52)58-40(39)30-56-46(34-14-12-11-13-15-34,35-16-20-37(53-9)21-17-35)36-18-22-38(54-10)23-19-36/h11-23,29,31-32,39-41H,24-28,30H2,1-10H3,(H,47,50,52)/t39-,40+,41+,60?/m0/s1. The number of hydrogen-bond acceptors (Lipinski definition) is 12. The molecule has 61 heavy (non-hydrogen) atoms. The molecular formula is C46H62N3O10PS. The molecule has 1 saturated heterocycles. The Hall–Kier alpha value is -3.85. The zero-order valence-corrected chi connectivity index (χ0v) is 38.8. The van der Waals surface area contributed by atoms with Gasteiger partial charge in [-0.15, -0.1) is 0 Å². The van der Waals surface area contributed by atoms with E-state index in [9.17, 15) is 14.4 Å². The van der Waals surface area contributed by atoms with Gasteiger partial charge in [0.05, 0.1) is 46.8 Å². The molecule has 0 spiro atoms. The number of aryl methyl sites for hydroxylation is 1. The molecule has 1 aromatic heterocycles. The van der Waals surface area contributed by atoms with Crippen LogP contribution in [0.5, 0.6) is 11.5 Å². The van der Waals surface area contributed by atoms with Crippen molar-refractivity contribution in [1.82, 2.24) is 14.2 Å². The lowest BCUT2D eigenvalue weighted by Gasteiger charge is -2.39. The molecule has 1 fully saturated rings.